The van der Waals surface area contributed by atoms with Crippen LogP contribution in [0.5, 0.6) is 0 Å². The third-order valence-corrected chi connectivity index (χ3v) is 2.59. The van der Waals surface area contributed by atoms with Crippen LogP contribution in [-0.2, 0) is 19.4 Å². The minimum absolute atomic E-state index is 0.0201. The summed E-state index contributed by atoms with van der Waals surface area (Å²) in [6.45, 7) is 0. The normalized spacial score (nSPS) is 23.1. The van der Waals surface area contributed by atoms with Gasteiger partial charge in [0.2, 0.25) is 6.35 Å². The van der Waals surface area contributed by atoms with Gasteiger partial charge in [-0.2, -0.15) is 8.42 Å². The average Bonchev–Trinajstić information content (AvgIpc) is 2.08. The Morgan fingerprint density at radius 2 is 2.00 bits per heavy atom. The number of rotatable bonds is 2. The summed E-state index contributed by atoms with van der Waals surface area (Å²) < 4.78 is 33.8. The van der Waals surface area contributed by atoms with Crippen molar-refractivity contribution in [1.29, 1.82) is 0 Å². The first kappa shape index (κ1) is 12.2. The molecule has 7 nitrogen and oxygen atoms in total. The number of likely N-dealkylation sites (N-methyl/N-ethyl adjacent to an activating group) is 1. The highest BCUT2D eigenvalue weighted by Gasteiger charge is 2.33. The Morgan fingerprint density at radius 1 is 1.47 bits per heavy atom. The molecule has 0 aromatic carbocycles. The number of carbonyl (C=O) groups is 1. The van der Waals surface area contributed by atoms with E-state index in [9.17, 15) is 13.2 Å². The Morgan fingerprint density at radius 3 is 2.47 bits per heavy atom. The van der Waals surface area contributed by atoms with Gasteiger partial charge in [-0.15, -0.1) is 0 Å². The quantitative estimate of drug-likeness (QED) is 0.533. The topological polar surface area (TPSA) is 87.2 Å². The summed E-state index contributed by atoms with van der Waals surface area (Å²) >= 11 is 5.63. The molecule has 9 heteroatoms. The molecule has 0 bridgehead atoms. The molecular formula is C6H9ClN2O5S. The van der Waals surface area contributed by atoms with Crippen LogP contribution in [0.25, 0.3) is 0 Å². The van der Waals surface area contributed by atoms with E-state index in [0.717, 1.165) is 11.0 Å². The summed E-state index contributed by atoms with van der Waals surface area (Å²) in [6, 6.07) is 0. The van der Waals surface area contributed by atoms with Crippen molar-refractivity contribution >= 4 is 27.9 Å². The Hall–Kier alpha value is -0.830. The van der Waals surface area contributed by atoms with Crippen molar-refractivity contribution in [2.45, 2.75) is 6.35 Å². The molecular weight excluding hydrogens is 248 g/mol. The van der Waals surface area contributed by atoms with E-state index in [-0.39, 0.29) is 5.16 Å². The highest BCUT2D eigenvalue weighted by atomic mass is 35.5. The molecule has 1 aliphatic heterocycles. The van der Waals surface area contributed by atoms with Crippen LogP contribution in [0, 0.1) is 0 Å². The first-order chi connectivity index (χ1) is 6.72. The Balaban J connectivity index is 2.98. The van der Waals surface area contributed by atoms with Gasteiger partial charge in [-0.05, 0) is 0 Å². The minimum Gasteiger partial charge on any atom is -0.321 e. The summed E-state index contributed by atoms with van der Waals surface area (Å²) in [5.74, 6) is -0.522. The van der Waals surface area contributed by atoms with Crippen molar-refractivity contribution in [1.82, 2.24) is 9.80 Å². The van der Waals surface area contributed by atoms with Gasteiger partial charge < -0.3 is 4.90 Å². The number of halogens is 1. The first-order valence-electron chi connectivity index (χ1n) is 3.75. The van der Waals surface area contributed by atoms with Crippen molar-refractivity contribution < 1.29 is 21.9 Å². The van der Waals surface area contributed by atoms with Crippen LogP contribution in [0.3, 0.4) is 0 Å². The Kier molecular flexibility index (Phi) is 3.24. The van der Waals surface area contributed by atoms with Crippen LogP contribution in [0.4, 0.5) is 0 Å². The molecule has 86 valence electrons. The standard InChI is InChI=1S/C6H9ClN2O5S/c1-8-4(7)3-5(10)9(2)6(8)14-15(11,12)13/h3,6H,1-2H3,(H,11,12,13). The van der Waals surface area contributed by atoms with Crippen molar-refractivity contribution in [3.05, 3.63) is 11.2 Å². The maximum absolute atomic E-state index is 11.2. The van der Waals surface area contributed by atoms with Crippen LogP contribution in [-0.4, -0.2) is 49.1 Å². The molecule has 15 heavy (non-hydrogen) atoms. The second-order valence-electron chi connectivity index (χ2n) is 2.88. The molecule has 1 N–H and O–H groups in total. The van der Waals surface area contributed by atoms with Gasteiger partial charge >= 0.3 is 10.4 Å². The van der Waals surface area contributed by atoms with Crippen LogP contribution in [0.2, 0.25) is 0 Å². The van der Waals surface area contributed by atoms with E-state index >= 15 is 0 Å². The fourth-order valence-electron chi connectivity index (χ4n) is 1.02. The van der Waals surface area contributed by atoms with Gasteiger partial charge in [0, 0.05) is 20.2 Å². The first-order valence-corrected chi connectivity index (χ1v) is 5.49. The molecule has 0 saturated carbocycles. The number of hydrogen-bond acceptors (Lipinski definition) is 5. The average molecular weight is 257 g/mol. The van der Waals surface area contributed by atoms with Crippen molar-refractivity contribution in [2.75, 3.05) is 14.1 Å². The van der Waals surface area contributed by atoms with Crippen LogP contribution < -0.4 is 0 Å². The molecule has 0 aromatic heterocycles. The van der Waals surface area contributed by atoms with Crippen LogP contribution in [0.15, 0.2) is 11.2 Å². The predicted octanol–water partition coefficient (Wildman–Crippen LogP) is -0.427. The SMILES string of the molecule is CN1C(=O)C=C(Cl)N(C)C1OS(=O)(=O)O. The third kappa shape index (κ3) is 2.81. The molecule has 0 aromatic rings. The molecule has 0 aliphatic carbocycles. The lowest BCUT2D eigenvalue weighted by Gasteiger charge is -2.36. The lowest BCUT2D eigenvalue weighted by Crippen LogP contribution is -2.51. The maximum Gasteiger partial charge on any atom is 0.400 e. The van der Waals surface area contributed by atoms with Crippen molar-refractivity contribution in [3.63, 3.8) is 0 Å². The van der Waals surface area contributed by atoms with E-state index in [1.54, 1.807) is 0 Å². The molecule has 0 saturated heterocycles. The van der Waals surface area contributed by atoms with E-state index < -0.39 is 22.7 Å². The number of hydrogen-bond donors (Lipinski definition) is 1. The predicted molar refractivity (Wildman–Crippen MR) is 50.9 cm³/mol. The van der Waals surface area contributed by atoms with Gasteiger partial charge in [-0.3, -0.25) is 14.2 Å². The second kappa shape index (κ2) is 3.97. The molecule has 1 heterocycles. The second-order valence-corrected chi connectivity index (χ2v) is 4.31. The summed E-state index contributed by atoms with van der Waals surface area (Å²) in [7, 11) is -1.93. The lowest BCUT2D eigenvalue weighted by molar-refractivity contribution is -0.143. The van der Waals surface area contributed by atoms with Gasteiger partial charge in [0.1, 0.15) is 5.16 Å². The fourth-order valence-corrected chi connectivity index (χ4v) is 1.67. The molecule has 0 spiro atoms. The van der Waals surface area contributed by atoms with Gasteiger partial charge in [0.15, 0.2) is 0 Å². The lowest BCUT2D eigenvalue weighted by atomic mass is 10.4. The number of carbonyl (C=O) groups excluding carboxylic acids is 1. The highest BCUT2D eigenvalue weighted by Crippen LogP contribution is 2.21. The zero-order valence-corrected chi connectivity index (χ0v) is 9.49. The molecule has 1 amide bonds. The molecule has 0 fully saturated rings. The molecule has 1 unspecified atom stereocenters. The Labute approximate surface area is 91.8 Å². The fraction of sp³-hybridized carbons (Fsp3) is 0.500. The summed E-state index contributed by atoms with van der Waals surface area (Å²) in [4.78, 5) is 13.4. The van der Waals surface area contributed by atoms with Gasteiger partial charge in [-0.1, -0.05) is 11.6 Å². The Bertz CT molecular complexity index is 406. The minimum atomic E-state index is -4.66. The maximum atomic E-state index is 11.2. The molecule has 1 atom stereocenters. The van der Waals surface area contributed by atoms with E-state index in [0.29, 0.717) is 0 Å². The third-order valence-electron chi connectivity index (χ3n) is 1.80. The zero-order chi connectivity index (χ0) is 11.8. The highest BCUT2D eigenvalue weighted by molar-refractivity contribution is 7.80. The van der Waals surface area contributed by atoms with Crippen molar-refractivity contribution in [3.8, 4) is 0 Å². The number of nitrogens with zero attached hydrogens (tertiary/aromatic N) is 2. The van der Waals surface area contributed by atoms with E-state index in [1.165, 1.54) is 19.0 Å². The molecule has 1 rings (SSSR count). The summed E-state index contributed by atoms with van der Waals surface area (Å²) in [6.07, 6.45) is -0.184. The van der Waals surface area contributed by atoms with E-state index in [4.69, 9.17) is 16.2 Å². The number of amides is 1. The largest absolute Gasteiger partial charge is 0.400 e. The molecule has 1 aliphatic rings. The van der Waals surface area contributed by atoms with Crippen LogP contribution in [0.1, 0.15) is 0 Å². The zero-order valence-electron chi connectivity index (χ0n) is 7.92. The van der Waals surface area contributed by atoms with E-state index in [2.05, 4.69) is 4.18 Å². The molecule has 0 radical (unpaired) electrons. The van der Waals surface area contributed by atoms with Crippen LogP contribution >= 0.6 is 11.6 Å². The van der Waals surface area contributed by atoms with Gasteiger partial charge in [-0.25, -0.2) is 4.18 Å². The van der Waals surface area contributed by atoms with Gasteiger partial charge in [0.05, 0.1) is 0 Å². The smallest absolute Gasteiger partial charge is 0.321 e. The summed E-state index contributed by atoms with van der Waals surface area (Å²) in [5, 5.41) is 0.0201. The van der Waals surface area contributed by atoms with Crippen molar-refractivity contribution in [2.24, 2.45) is 0 Å². The van der Waals surface area contributed by atoms with E-state index in [1.807, 2.05) is 0 Å². The van der Waals surface area contributed by atoms with Gasteiger partial charge in [0.25, 0.3) is 5.91 Å². The summed E-state index contributed by atoms with van der Waals surface area (Å²) in [5.41, 5.74) is 0. The monoisotopic (exact) mass is 256 g/mol.